The normalized spacial score (nSPS) is 14.6. The molecule has 2 amide bonds. The van der Waals surface area contributed by atoms with Crippen molar-refractivity contribution in [1.82, 2.24) is 9.88 Å². The van der Waals surface area contributed by atoms with Crippen LogP contribution in [-0.2, 0) is 20.7 Å². The smallest absolute Gasteiger partial charge is 0.326 e. The fourth-order valence-electron chi connectivity index (χ4n) is 3.47. The van der Waals surface area contributed by atoms with E-state index in [1.807, 2.05) is 18.2 Å². The van der Waals surface area contributed by atoms with E-state index < -0.39 is 30.4 Å². The average Bonchev–Trinajstić information content (AvgIpc) is 3.14. The number of H-pyrrole nitrogens is 1. The molecule has 0 saturated heterocycles. The van der Waals surface area contributed by atoms with Crippen molar-refractivity contribution in [2.75, 3.05) is 6.54 Å². The van der Waals surface area contributed by atoms with Crippen LogP contribution in [0.3, 0.4) is 0 Å². The number of aromatic amines is 1. The van der Waals surface area contributed by atoms with Crippen molar-refractivity contribution in [3.05, 3.63) is 71.4 Å². The number of fused-ring (bicyclic) bond motifs is 2. The van der Waals surface area contributed by atoms with Gasteiger partial charge in [0.2, 0.25) is 11.7 Å². The molecule has 0 aliphatic carbocycles. The van der Waals surface area contributed by atoms with Gasteiger partial charge in [0.15, 0.2) is 6.10 Å². The van der Waals surface area contributed by atoms with Crippen LogP contribution in [0, 0.1) is 0 Å². The van der Waals surface area contributed by atoms with Gasteiger partial charge in [-0.1, -0.05) is 36.4 Å². The number of hydrogen-bond acceptors (Lipinski definition) is 5. The fourth-order valence-corrected chi connectivity index (χ4v) is 3.47. The lowest BCUT2D eigenvalue weighted by Gasteiger charge is -2.26. The third-order valence-corrected chi connectivity index (χ3v) is 4.96. The van der Waals surface area contributed by atoms with Crippen LogP contribution in [0.1, 0.15) is 33.2 Å². The first-order valence-corrected chi connectivity index (χ1v) is 9.18. The Hall–Kier alpha value is -3.74. The van der Waals surface area contributed by atoms with Gasteiger partial charge in [-0.25, -0.2) is 0 Å². The zero-order valence-corrected chi connectivity index (χ0v) is 15.7. The van der Waals surface area contributed by atoms with Gasteiger partial charge in [0.1, 0.15) is 6.54 Å². The molecule has 2 heterocycles. The van der Waals surface area contributed by atoms with Crippen LogP contribution < -0.4 is 0 Å². The zero-order valence-electron chi connectivity index (χ0n) is 15.7. The maximum absolute atomic E-state index is 12.7. The zero-order chi connectivity index (χ0) is 20.5. The van der Waals surface area contributed by atoms with Gasteiger partial charge in [-0.3, -0.25) is 24.1 Å². The van der Waals surface area contributed by atoms with E-state index in [1.165, 1.54) is 6.92 Å². The van der Waals surface area contributed by atoms with Crippen molar-refractivity contribution in [1.29, 1.82) is 0 Å². The molecule has 7 heteroatoms. The number of amides is 2. The Balaban J connectivity index is 1.45. The first-order chi connectivity index (χ1) is 14.0. The number of para-hydroxylation sites is 1. The molecule has 0 spiro atoms. The molecule has 0 bridgehead atoms. The fraction of sp³-hybridized carbons (Fsp3) is 0.182. The minimum absolute atomic E-state index is 0.0407. The second-order valence-electron chi connectivity index (χ2n) is 6.86. The number of benzene rings is 2. The molecule has 2 aromatic carbocycles. The summed E-state index contributed by atoms with van der Waals surface area (Å²) in [4.78, 5) is 53.7. The van der Waals surface area contributed by atoms with Crippen molar-refractivity contribution < 1.29 is 23.9 Å². The SMILES string of the molecule is C[C@@H](OC(=O)CN1C(=O)Cc2ccccc2C1=O)C(=O)c1c[nH]c2ccccc12. The second-order valence-corrected chi connectivity index (χ2v) is 6.86. The topological polar surface area (TPSA) is 96.5 Å². The molecular weight excluding hydrogens is 372 g/mol. The van der Waals surface area contributed by atoms with E-state index in [0.29, 0.717) is 16.7 Å². The van der Waals surface area contributed by atoms with Crippen LogP contribution >= 0.6 is 0 Å². The molecule has 0 fully saturated rings. The Morgan fingerprint density at radius 1 is 1.10 bits per heavy atom. The number of imide groups is 1. The molecule has 7 nitrogen and oxygen atoms in total. The maximum atomic E-state index is 12.7. The number of nitrogens with zero attached hydrogens (tertiary/aromatic N) is 1. The summed E-state index contributed by atoms with van der Waals surface area (Å²) in [5, 5.41) is 0.735. The monoisotopic (exact) mass is 390 g/mol. The molecule has 146 valence electrons. The second kappa shape index (κ2) is 7.35. The number of aromatic nitrogens is 1. The molecule has 0 radical (unpaired) electrons. The molecule has 0 unspecified atom stereocenters. The predicted octanol–water partition coefficient (Wildman–Crippen LogP) is 2.51. The number of Topliss-reactive ketones (excluding diaryl/α,β-unsaturated/α-hetero) is 1. The van der Waals surface area contributed by atoms with E-state index in [9.17, 15) is 19.2 Å². The van der Waals surface area contributed by atoms with E-state index in [0.717, 1.165) is 15.8 Å². The number of ketones is 1. The summed E-state index contributed by atoms with van der Waals surface area (Å²) in [5.41, 5.74) is 2.25. The number of esters is 1. The van der Waals surface area contributed by atoms with E-state index in [-0.39, 0.29) is 12.2 Å². The number of carbonyl (C=O) groups excluding carboxylic acids is 4. The lowest BCUT2D eigenvalue weighted by atomic mass is 9.98. The molecule has 1 N–H and O–H groups in total. The highest BCUT2D eigenvalue weighted by molar-refractivity contribution is 6.12. The predicted molar refractivity (Wildman–Crippen MR) is 104 cm³/mol. The Kier molecular flexibility index (Phi) is 4.72. The lowest BCUT2D eigenvalue weighted by molar-refractivity contribution is -0.150. The summed E-state index contributed by atoms with van der Waals surface area (Å²) >= 11 is 0. The van der Waals surface area contributed by atoms with Gasteiger partial charge in [-0.2, -0.15) is 0 Å². The highest BCUT2D eigenvalue weighted by Crippen LogP contribution is 2.21. The third kappa shape index (κ3) is 3.42. The summed E-state index contributed by atoms with van der Waals surface area (Å²) in [6, 6.07) is 14.1. The minimum Gasteiger partial charge on any atom is -0.453 e. The Morgan fingerprint density at radius 2 is 1.83 bits per heavy atom. The van der Waals surface area contributed by atoms with Crippen LogP contribution in [0.25, 0.3) is 10.9 Å². The molecule has 4 rings (SSSR count). The van der Waals surface area contributed by atoms with Crippen LogP contribution in [0.15, 0.2) is 54.7 Å². The highest BCUT2D eigenvalue weighted by Gasteiger charge is 2.33. The Labute approximate surface area is 166 Å². The van der Waals surface area contributed by atoms with E-state index >= 15 is 0 Å². The largest absolute Gasteiger partial charge is 0.453 e. The molecule has 1 aromatic heterocycles. The lowest BCUT2D eigenvalue weighted by Crippen LogP contribution is -2.46. The van der Waals surface area contributed by atoms with Gasteiger partial charge in [0.05, 0.1) is 6.42 Å². The van der Waals surface area contributed by atoms with Crippen LogP contribution in [-0.4, -0.2) is 46.1 Å². The maximum Gasteiger partial charge on any atom is 0.326 e. The first kappa shape index (κ1) is 18.6. The van der Waals surface area contributed by atoms with Crippen LogP contribution in [0.2, 0.25) is 0 Å². The Morgan fingerprint density at radius 3 is 2.66 bits per heavy atom. The van der Waals surface area contributed by atoms with E-state index in [2.05, 4.69) is 4.98 Å². The summed E-state index contributed by atoms with van der Waals surface area (Å²) in [7, 11) is 0. The minimum atomic E-state index is -1.05. The summed E-state index contributed by atoms with van der Waals surface area (Å²) < 4.78 is 5.22. The van der Waals surface area contributed by atoms with Gasteiger partial charge in [0.25, 0.3) is 5.91 Å². The number of nitrogens with one attached hydrogen (secondary N) is 1. The number of carbonyl (C=O) groups is 4. The Bertz CT molecular complexity index is 1150. The number of rotatable bonds is 5. The highest BCUT2D eigenvalue weighted by atomic mass is 16.5. The molecule has 1 aliphatic rings. The van der Waals surface area contributed by atoms with E-state index in [1.54, 1.807) is 36.5 Å². The van der Waals surface area contributed by atoms with Crippen LogP contribution in [0.5, 0.6) is 0 Å². The molecule has 0 saturated carbocycles. The van der Waals surface area contributed by atoms with Gasteiger partial charge in [-0.05, 0) is 24.6 Å². The molecule has 1 atom stereocenters. The molecular formula is C22H18N2O5. The molecule has 1 aliphatic heterocycles. The summed E-state index contributed by atoms with van der Waals surface area (Å²) in [5.74, 6) is -2.19. The van der Waals surface area contributed by atoms with E-state index in [4.69, 9.17) is 4.74 Å². The first-order valence-electron chi connectivity index (χ1n) is 9.18. The van der Waals surface area contributed by atoms with Crippen molar-refractivity contribution in [3.8, 4) is 0 Å². The van der Waals surface area contributed by atoms with Gasteiger partial charge in [-0.15, -0.1) is 0 Å². The summed E-state index contributed by atoms with van der Waals surface area (Å²) in [6.07, 6.45) is 0.564. The van der Waals surface area contributed by atoms with Gasteiger partial charge >= 0.3 is 5.97 Å². The van der Waals surface area contributed by atoms with Gasteiger partial charge in [0, 0.05) is 28.2 Å². The molecule has 3 aromatic rings. The quantitative estimate of drug-likeness (QED) is 0.410. The average molecular weight is 390 g/mol. The van der Waals surface area contributed by atoms with Crippen molar-refractivity contribution in [3.63, 3.8) is 0 Å². The third-order valence-electron chi connectivity index (χ3n) is 4.96. The van der Waals surface area contributed by atoms with Gasteiger partial charge < -0.3 is 9.72 Å². The van der Waals surface area contributed by atoms with Crippen molar-refractivity contribution in [2.45, 2.75) is 19.4 Å². The molecule has 29 heavy (non-hydrogen) atoms. The van der Waals surface area contributed by atoms with Crippen molar-refractivity contribution >= 4 is 34.5 Å². The van der Waals surface area contributed by atoms with Crippen LogP contribution in [0.4, 0.5) is 0 Å². The number of ether oxygens (including phenoxy) is 1. The number of hydrogen-bond donors (Lipinski definition) is 1. The standard InChI is InChI=1S/C22H18N2O5/c1-13(21(27)17-11-23-18-9-5-4-8-16(17)18)29-20(26)12-24-19(25)10-14-6-2-3-7-15(14)22(24)28/h2-9,11,13,23H,10,12H2,1H3/t13-/m1/s1. The summed E-state index contributed by atoms with van der Waals surface area (Å²) in [6.45, 7) is 0.939. The van der Waals surface area contributed by atoms with Crippen molar-refractivity contribution in [2.24, 2.45) is 0 Å².